The third-order valence-electron chi connectivity index (χ3n) is 2.61. The highest BCUT2D eigenvalue weighted by Gasteiger charge is 2.14. The minimum Gasteiger partial charge on any atom is -0.507 e. The first-order valence-corrected chi connectivity index (χ1v) is 5.82. The van der Waals surface area contributed by atoms with Crippen LogP contribution in [0.2, 0.25) is 0 Å². The van der Waals surface area contributed by atoms with Crippen molar-refractivity contribution in [2.75, 3.05) is 5.32 Å². The Labute approximate surface area is 109 Å². The Morgan fingerprint density at radius 1 is 1.42 bits per heavy atom. The van der Waals surface area contributed by atoms with Crippen LogP contribution < -0.4 is 5.32 Å². The molecule has 6 heteroatoms. The van der Waals surface area contributed by atoms with E-state index in [1.807, 2.05) is 13.8 Å². The van der Waals surface area contributed by atoms with E-state index in [2.05, 4.69) is 10.4 Å². The number of nitrogens with one attached hydrogen (secondary N) is 1. The normalized spacial score (nSPS) is 10.7. The predicted octanol–water partition coefficient (Wildman–Crippen LogP) is 2.56. The molecule has 0 unspecified atom stereocenters. The van der Waals surface area contributed by atoms with Gasteiger partial charge in [-0.05, 0) is 26.0 Å². The SMILES string of the molecule is CC(C)n1nccc1NC(=O)c1ccc(F)cc1O. The van der Waals surface area contributed by atoms with E-state index in [9.17, 15) is 14.3 Å². The molecule has 2 rings (SSSR count). The molecule has 0 aliphatic carbocycles. The fourth-order valence-corrected chi connectivity index (χ4v) is 1.71. The third-order valence-corrected chi connectivity index (χ3v) is 2.61. The lowest BCUT2D eigenvalue weighted by Crippen LogP contribution is -2.16. The molecule has 0 aliphatic rings. The number of hydrogen-bond donors (Lipinski definition) is 2. The zero-order valence-corrected chi connectivity index (χ0v) is 10.6. The highest BCUT2D eigenvalue weighted by Crippen LogP contribution is 2.20. The van der Waals surface area contributed by atoms with Crippen LogP contribution in [0.5, 0.6) is 5.75 Å². The molecule has 100 valence electrons. The van der Waals surface area contributed by atoms with Crippen LogP contribution in [0, 0.1) is 5.82 Å². The fraction of sp³-hybridized carbons (Fsp3) is 0.231. The van der Waals surface area contributed by atoms with Gasteiger partial charge in [0.15, 0.2) is 0 Å². The van der Waals surface area contributed by atoms with Crippen molar-refractivity contribution in [1.82, 2.24) is 9.78 Å². The number of anilines is 1. The number of rotatable bonds is 3. The summed E-state index contributed by atoms with van der Waals surface area (Å²) in [5, 5.41) is 16.3. The fourth-order valence-electron chi connectivity index (χ4n) is 1.71. The lowest BCUT2D eigenvalue weighted by molar-refractivity contribution is 0.102. The Morgan fingerprint density at radius 2 is 2.16 bits per heavy atom. The number of amides is 1. The molecule has 1 aromatic carbocycles. The number of hydrogen-bond acceptors (Lipinski definition) is 3. The number of phenolic OH excluding ortho intramolecular Hbond substituents is 1. The summed E-state index contributed by atoms with van der Waals surface area (Å²) in [6, 6.07) is 4.99. The number of benzene rings is 1. The largest absolute Gasteiger partial charge is 0.507 e. The minimum absolute atomic E-state index is 0.0120. The van der Waals surface area contributed by atoms with Crippen LogP contribution in [-0.2, 0) is 0 Å². The van der Waals surface area contributed by atoms with E-state index in [-0.39, 0.29) is 11.6 Å². The zero-order chi connectivity index (χ0) is 14.0. The summed E-state index contributed by atoms with van der Waals surface area (Å²) in [6.07, 6.45) is 1.57. The maximum absolute atomic E-state index is 12.9. The van der Waals surface area contributed by atoms with Crippen molar-refractivity contribution in [3.63, 3.8) is 0 Å². The molecule has 0 aliphatic heterocycles. The van der Waals surface area contributed by atoms with Gasteiger partial charge in [0.25, 0.3) is 5.91 Å². The molecule has 2 N–H and O–H groups in total. The van der Waals surface area contributed by atoms with Gasteiger partial charge in [-0.15, -0.1) is 0 Å². The highest BCUT2D eigenvalue weighted by molar-refractivity contribution is 6.05. The van der Waals surface area contributed by atoms with Gasteiger partial charge in [-0.1, -0.05) is 0 Å². The standard InChI is InChI=1S/C13H14FN3O2/c1-8(2)17-12(5-6-15-17)16-13(19)10-4-3-9(14)7-11(10)18/h3-8,18H,1-2H3,(H,16,19). The molecule has 0 bridgehead atoms. The average Bonchev–Trinajstić information content (AvgIpc) is 2.76. The lowest BCUT2D eigenvalue weighted by Gasteiger charge is -2.12. The van der Waals surface area contributed by atoms with Gasteiger partial charge < -0.3 is 10.4 Å². The van der Waals surface area contributed by atoms with Crippen molar-refractivity contribution < 1.29 is 14.3 Å². The lowest BCUT2D eigenvalue weighted by atomic mass is 10.2. The van der Waals surface area contributed by atoms with E-state index in [1.54, 1.807) is 16.9 Å². The smallest absolute Gasteiger partial charge is 0.260 e. The van der Waals surface area contributed by atoms with Crippen molar-refractivity contribution in [2.45, 2.75) is 19.9 Å². The van der Waals surface area contributed by atoms with E-state index in [4.69, 9.17) is 0 Å². The number of halogens is 1. The van der Waals surface area contributed by atoms with E-state index in [0.29, 0.717) is 5.82 Å². The molecule has 1 heterocycles. The van der Waals surface area contributed by atoms with E-state index >= 15 is 0 Å². The number of nitrogens with zero attached hydrogens (tertiary/aromatic N) is 2. The van der Waals surface area contributed by atoms with Crippen molar-refractivity contribution in [3.8, 4) is 5.75 Å². The second-order valence-corrected chi connectivity index (χ2v) is 4.37. The van der Waals surface area contributed by atoms with Gasteiger partial charge in [-0.25, -0.2) is 9.07 Å². The van der Waals surface area contributed by atoms with Crippen LogP contribution in [-0.4, -0.2) is 20.8 Å². The first-order chi connectivity index (χ1) is 8.99. The van der Waals surface area contributed by atoms with Crippen LogP contribution in [0.1, 0.15) is 30.2 Å². The van der Waals surface area contributed by atoms with Gasteiger partial charge in [0.2, 0.25) is 0 Å². The van der Waals surface area contributed by atoms with E-state index in [0.717, 1.165) is 12.1 Å². The number of aromatic nitrogens is 2. The first kappa shape index (κ1) is 13.1. The summed E-state index contributed by atoms with van der Waals surface area (Å²) in [5.41, 5.74) is 0.0120. The molecule has 1 amide bonds. The first-order valence-electron chi connectivity index (χ1n) is 5.82. The minimum atomic E-state index is -0.596. The Kier molecular flexibility index (Phi) is 3.50. The third kappa shape index (κ3) is 2.73. The van der Waals surface area contributed by atoms with Gasteiger partial charge in [0.05, 0.1) is 11.8 Å². The molecule has 19 heavy (non-hydrogen) atoms. The van der Waals surface area contributed by atoms with E-state index in [1.165, 1.54) is 6.07 Å². The van der Waals surface area contributed by atoms with Crippen LogP contribution in [0.3, 0.4) is 0 Å². The maximum atomic E-state index is 12.9. The van der Waals surface area contributed by atoms with Crippen LogP contribution >= 0.6 is 0 Å². The second-order valence-electron chi connectivity index (χ2n) is 4.37. The van der Waals surface area contributed by atoms with Gasteiger partial charge in [-0.3, -0.25) is 4.79 Å². The number of carbonyl (C=O) groups excluding carboxylic acids is 1. The second kappa shape index (κ2) is 5.09. The Hall–Kier alpha value is -2.37. The molecule has 0 atom stereocenters. The number of carbonyl (C=O) groups is 1. The number of phenols is 1. The average molecular weight is 263 g/mol. The highest BCUT2D eigenvalue weighted by atomic mass is 19.1. The van der Waals surface area contributed by atoms with E-state index < -0.39 is 17.5 Å². The molecule has 5 nitrogen and oxygen atoms in total. The van der Waals surface area contributed by atoms with Crippen molar-refractivity contribution in [1.29, 1.82) is 0 Å². The monoisotopic (exact) mass is 263 g/mol. The molecule has 0 fully saturated rings. The summed E-state index contributed by atoms with van der Waals surface area (Å²) in [4.78, 5) is 12.0. The topological polar surface area (TPSA) is 67.2 Å². The number of aromatic hydroxyl groups is 1. The van der Waals surface area contributed by atoms with Crippen molar-refractivity contribution in [2.24, 2.45) is 0 Å². The molecular weight excluding hydrogens is 249 g/mol. The Morgan fingerprint density at radius 3 is 2.79 bits per heavy atom. The predicted molar refractivity (Wildman–Crippen MR) is 68.6 cm³/mol. The van der Waals surface area contributed by atoms with Crippen molar-refractivity contribution in [3.05, 3.63) is 41.8 Å². The van der Waals surface area contributed by atoms with Crippen LogP contribution in [0.15, 0.2) is 30.5 Å². The molecule has 0 radical (unpaired) electrons. The summed E-state index contributed by atoms with van der Waals surface area (Å²) in [6.45, 7) is 3.86. The molecule has 0 spiro atoms. The van der Waals surface area contributed by atoms with Crippen LogP contribution in [0.4, 0.5) is 10.2 Å². The van der Waals surface area contributed by atoms with Crippen LogP contribution in [0.25, 0.3) is 0 Å². The zero-order valence-electron chi connectivity index (χ0n) is 10.6. The van der Waals surface area contributed by atoms with Crippen molar-refractivity contribution >= 4 is 11.7 Å². The maximum Gasteiger partial charge on any atom is 0.260 e. The van der Waals surface area contributed by atoms with Gasteiger partial charge >= 0.3 is 0 Å². The Bertz CT molecular complexity index is 608. The summed E-state index contributed by atoms with van der Waals surface area (Å²) < 4.78 is 14.5. The Balaban J connectivity index is 2.23. The molecule has 1 aromatic heterocycles. The quantitative estimate of drug-likeness (QED) is 0.894. The van der Waals surface area contributed by atoms with Gasteiger partial charge in [0, 0.05) is 18.2 Å². The summed E-state index contributed by atoms with van der Waals surface area (Å²) in [7, 11) is 0. The molecule has 2 aromatic rings. The molecule has 0 saturated heterocycles. The van der Waals surface area contributed by atoms with Gasteiger partial charge in [0.1, 0.15) is 17.4 Å². The summed E-state index contributed by atoms with van der Waals surface area (Å²) in [5.74, 6) is -0.988. The molecular formula is C13H14FN3O2. The van der Waals surface area contributed by atoms with Gasteiger partial charge in [-0.2, -0.15) is 5.10 Å². The summed E-state index contributed by atoms with van der Waals surface area (Å²) >= 11 is 0. The molecule has 0 saturated carbocycles.